The first-order valence-electron chi connectivity index (χ1n) is 6.52. The van der Waals surface area contributed by atoms with Crippen molar-refractivity contribution in [1.29, 1.82) is 0 Å². The van der Waals surface area contributed by atoms with Crippen molar-refractivity contribution in [3.63, 3.8) is 0 Å². The highest BCUT2D eigenvalue weighted by molar-refractivity contribution is 5.86. The minimum Gasteiger partial charge on any atom is -0.481 e. The number of amides is 1. The van der Waals surface area contributed by atoms with Crippen LogP contribution in [-0.2, 0) is 9.59 Å². The number of carboxylic acids is 1. The van der Waals surface area contributed by atoms with Crippen molar-refractivity contribution in [2.75, 3.05) is 6.54 Å². The van der Waals surface area contributed by atoms with E-state index >= 15 is 0 Å². The molecule has 96 valence electrons. The molecule has 4 heteroatoms. The van der Waals surface area contributed by atoms with Gasteiger partial charge in [0.25, 0.3) is 0 Å². The molecule has 0 radical (unpaired) electrons. The van der Waals surface area contributed by atoms with Gasteiger partial charge in [-0.1, -0.05) is 19.8 Å². The van der Waals surface area contributed by atoms with Gasteiger partial charge in [0.2, 0.25) is 5.91 Å². The summed E-state index contributed by atoms with van der Waals surface area (Å²) in [5, 5.41) is 11.9. The lowest BCUT2D eigenvalue weighted by atomic mass is 9.73. The molecule has 2 aliphatic carbocycles. The van der Waals surface area contributed by atoms with Gasteiger partial charge in [0.15, 0.2) is 0 Å². The maximum absolute atomic E-state index is 11.9. The lowest BCUT2D eigenvalue weighted by molar-refractivity contribution is -0.152. The van der Waals surface area contributed by atoms with Crippen LogP contribution in [0.2, 0.25) is 0 Å². The predicted octanol–water partition coefficient (Wildman–Crippen LogP) is 1.79. The number of hydrogen-bond donors (Lipinski definition) is 2. The van der Waals surface area contributed by atoms with Crippen LogP contribution in [0, 0.1) is 17.3 Å². The third kappa shape index (κ3) is 2.61. The highest BCUT2D eigenvalue weighted by Gasteiger charge is 2.41. The van der Waals surface area contributed by atoms with Gasteiger partial charge in [-0.2, -0.15) is 0 Å². The molecule has 0 aromatic carbocycles. The molecule has 2 saturated carbocycles. The molecule has 4 nitrogen and oxygen atoms in total. The molecule has 17 heavy (non-hydrogen) atoms. The second-order valence-electron chi connectivity index (χ2n) is 5.86. The summed E-state index contributed by atoms with van der Waals surface area (Å²) in [4.78, 5) is 22.7. The van der Waals surface area contributed by atoms with E-state index in [-0.39, 0.29) is 17.2 Å². The van der Waals surface area contributed by atoms with Gasteiger partial charge < -0.3 is 10.4 Å². The molecule has 2 N–H and O–H groups in total. The number of carboxylic acid groups (broad SMARTS) is 1. The maximum Gasteiger partial charge on any atom is 0.307 e. The summed E-state index contributed by atoms with van der Waals surface area (Å²) in [6.45, 7) is 2.91. The lowest BCUT2D eigenvalue weighted by Crippen LogP contribution is -2.46. The number of carbonyl (C=O) groups excluding carboxylic acids is 1. The molecule has 2 rings (SSSR count). The van der Waals surface area contributed by atoms with E-state index in [1.54, 1.807) is 0 Å². The van der Waals surface area contributed by atoms with Crippen LogP contribution < -0.4 is 5.32 Å². The topological polar surface area (TPSA) is 66.4 Å². The van der Waals surface area contributed by atoms with Gasteiger partial charge in [0.05, 0.1) is 11.8 Å². The molecule has 0 saturated heterocycles. The average molecular weight is 239 g/mol. The van der Waals surface area contributed by atoms with E-state index in [0.717, 1.165) is 6.42 Å². The summed E-state index contributed by atoms with van der Waals surface area (Å²) in [5.41, 5.74) is 0.234. The first kappa shape index (κ1) is 12.4. The van der Waals surface area contributed by atoms with Crippen LogP contribution in [0.1, 0.15) is 45.4 Å². The summed E-state index contributed by atoms with van der Waals surface area (Å²) in [7, 11) is 0. The molecule has 0 bridgehead atoms. The van der Waals surface area contributed by atoms with Crippen LogP contribution in [-0.4, -0.2) is 23.5 Å². The van der Waals surface area contributed by atoms with Crippen molar-refractivity contribution in [3.8, 4) is 0 Å². The Morgan fingerprint density at radius 3 is 2.29 bits per heavy atom. The Morgan fingerprint density at radius 2 is 1.82 bits per heavy atom. The molecule has 0 aromatic rings. The predicted molar refractivity (Wildman–Crippen MR) is 63.4 cm³/mol. The van der Waals surface area contributed by atoms with Gasteiger partial charge >= 0.3 is 5.97 Å². The molecule has 1 amide bonds. The van der Waals surface area contributed by atoms with Crippen molar-refractivity contribution < 1.29 is 14.7 Å². The van der Waals surface area contributed by atoms with Crippen molar-refractivity contribution >= 4 is 11.9 Å². The molecular weight excluding hydrogens is 218 g/mol. The normalized spacial score (nSPS) is 30.6. The Kier molecular flexibility index (Phi) is 3.40. The molecule has 2 unspecified atom stereocenters. The fourth-order valence-electron chi connectivity index (χ4n) is 2.95. The smallest absolute Gasteiger partial charge is 0.307 e. The molecule has 2 aliphatic rings. The second kappa shape index (κ2) is 4.67. The minimum atomic E-state index is -0.830. The maximum atomic E-state index is 11.9. The number of hydrogen-bond acceptors (Lipinski definition) is 2. The first-order chi connectivity index (χ1) is 8.02. The fraction of sp³-hybridized carbons (Fsp3) is 0.846. The van der Waals surface area contributed by atoms with Crippen molar-refractivity contribution in [1.82, 2.24) is 5.32 Å². The van der Waals surface area contributed by atoms with Crippen molar-refractivity contribution in [2.24, 2.45) is 17.3 Å². The van der Waals surface area contributed by atoms with E-state index in [9.17, 15) is 9.59 Å². The zero-order valence-corrected chi connectivity index (χ0v) is 10.4. The van der Waals surface area contributed by atoms with Crippen LogP contribution >= 0.6 is 0 Å². The summed E-state index contributed by atoms with van der Waals surface area (Å²) in [6.07, 6.45) is 6.19. The highest BCUT2D eigenvalue weighted by Crippen LogP contribution is 2.38. The van der Waals surface area contributed by atoms with Gasteiger partial charge in [0, 0.05) is 6.54 Å². The molecule has 0 aliphatic heterocycles. The zero-order chi connectivity index (χ0) is 12.5. The SMILES string of the molecule is CC1(CNC(=O)C2CCC2C(=O)O)CCCC1. The Labute approximate surface area is 102 Å². The van der Waals surface area contributed by atoms with Gasteiger partial charge in [-0.3, -0.25) is 9.59 Å². The molecular formula is C13H21NO3. The van der Waals surface area contributed by atoms with Crippen molar-refractivity contribution in [3.05, 3.63) is 0 Å². The summed E-state index contributed by atoms with van der Waals surface area (Å²) in [5.74, 6) is -1.64. The summed E-state index contributed by atoms with van der Waals surface area (Å²) >= 11 is 0. The van der Waals surface area contributed by atoms with Crippen LogP contribution in [0.5, 0.6) is 0 Å². The third-order valence-corrected chi connectivity index (χ3v) is 4.43. The number of nitrogens with one attached hydrogen (secondary N) is 1. The molecule has 0 heterocycles. The number of carbonyl (C=O) groups is 2. The first-order valence-corrected chi connectivity index (χ1v) is 6.52. The minimum absolute atomic E-state index is 0.0585. The highest BCUT2D eigenvalue weighted by atomic mass is 16.4. The average Bonchev–Trinajstić information content (AvgIpc) is 2.60. The zero-order valence-electron chi connectivity index (χ0n) is 10.4. The quantitative estimate of drug-likeness (QED) is 0.786. The molecule has 2 atom stereocenters. The van der Waals surface area contributed by atoms with Gasteiger partial charge in [-0.25, -0.2) is 0 Å². The van der Waals surface area contributed by atoms with Crippen LogP contribution in [0.15, 0.2) is 0 Å². The Bertz CT molecular complexity index is 321. The second-order valence-corrected chi connectivity index (χ2v) is 5.86. The van der Waals surface area contributed by atoms with Gasteiger partial charge in [-0.05, 0) is 31.1 Å². The Morgan fingerprint density at radius 1 is 1.24 bits per heavy atom. The van der Waals surface area contributed by atoms with E-state index in [1.165, 1.54) is 25.7 Å². The van der Waals surface area contributed by atoms with Crippen LogP contribution in [0.25, 0.3) is 0 Å². The lowest BCUT2D eigenvalue weighted by Gasteiger charge is -2.33. The summed E-state index contributed by atoms with van der Waals surface area (Å²) < 4.78 is 0. The van der Waals surface area contributed by atoms with E-state index in [1.807, 2.05) is 0 Å². The Hall–Kier alpha value is -1.06. The molecule has 0 aromatic heterocycles. The van der Waals surface area contributed by atoms with E-state index in [4.69, 9.17) is 5.11 Å². The fourth-order valence-corrected chi connectivity index (χ4v) is 2.95. The van der Waals surface area contributed by atoms with E-state index < -0.39 is 11.9 Å². The third-order valence-electron chi connectivity index (χ3n) is 4.43. The van der Waals surface area contributed by atoms with Gasteiger partial charge in [-0.15, -0.1) is 0 Å². The largest absolute Gasteiger partial charge is 0.481 e. The van der Waals surface area contributed by atoms with Crippen LogP contribution in [0.3, 0.4) is 0 Å². The number of rotatable bonds is 4. The van der Waals surface area contributed by atoms with Crippen LogP contribution in [0.4, 0.5) is 0 Å². The van der Waals surface area contributed by atoms with Crippen molar-refractivity contribution in [2.45, 2.75) is 45.4 Å². The standard InChI is InChI=1S/C13H21NO3/c1-13(6-2-3-7-13)8-14-11(15)9-4-5-10(9)12(16)17/h9-10H,2-8H2,1H3,(H,14,15)(H,16,17). The number of aliphatic carboxylic acids is 1. The summed E-state index contributed by atoms with van der Waals surface area (Å²) in [6, 6.07) is 0. The van der Waals surface area contributed by atoms with E-state index in [2.05, 4.69) is 12.2 Å². The van der Waals surface area contributed by atoms with Gasteiger partial charge in [0.1, 0.15) is 0 Å². The molecule has 0 spiro atoms. The van der Waals surface area contributed by atoms with E-state index in [0.29, 0.717) is 13.0 Å². The monoisotopic (exact) mass is 239 g/mol. The Balaban J connectivity index is 1.79. The molecule has 2 fully saturated rings.